The van der Waals surface area contributed by atoms with Crippen molar-refractivity contribution >= 4 is 23.2 Å². The van der Waals surface area contributed by atoms with Crippen molar-refractivity contribution in [3.05, 3.63) is 27.7 Å². The summed E-state index contributed by atoms with van der Waals surface area (Å²) in [6.45, 7) is 4.05. The summed E-state index contributed by atoms with van der Waals surface area (Å²) in [5.41, 5.74) is 0.824. The zero-order valence-electron chi connectivity index (χ0n) is 12.1. The number of halogens is 2. The van der Waals surface area contributed by atoms with E-state index in [-0.39, 0.29) is 5.75 Å². The third-order valence-corrected chi connectivity index (χ3v) is 5.31. The van der Waals surface area contributed by atoms with Crippen LogP contribution < -0.4 is 5.32 Å². The summed E-state index contributed by atoms with van der Waals surface area (Å²) in [5.74, 6) is 0.973. The zero-order valence-corrected chi connectivity index (χ0v) is 13.6. The van der Waals surface area contributed by atoms with E-state index in [0.717, 1.165) is 37.2 Å². The van der Waals surface area contributed by atoms with Crippen molar-refractivity contribution in [2.24, 2.45) is 5.92 Å². The summed E-state index contributed by atoms with van der Waals surface area (Å²) < 4.78 is 0. The highest BCUT2D eigenvalue weighted by atomic mass is 35.5. The molecule has 2 heterocycles. The van der Waals surface area contributed by atoms with Gasteiger partial charge in [0.25, 0.3) is 0 Å². The highest BCUT2D eigenvalue weighted by molar-refractivity contribution is 6.35. The molecule has 0 amide bonds. The Hall–Kier alpha value is -0.480. The molecule has 0 aromatic heterocycles. The average Bonchev–Trinajstić information content (AvgIpc) is 2.99. The number of benzene rings is 1. The van der Waals surface area contributed by atoms with E-state index in [1.165, 1.54) is 32.2 Å². The molecule has 1 unspecified atom stereocenters. The van der Waals surface area contributed by atoms with E-state index < -0.39 is 0 Å². The Labute approximate surface area is 136 Å². The molecule has 2 saturated heterocycles. The van der Waals surface area contributed by atoms with Crippen LogP contribution in [0.2, 0.25) is 10.0 Å². The number of hydrogen-bond acceptors (Lipinski definition) is 3. The van der Waals surface area contributed by atoms with Crippen molar-refractivity contribution in [2.45, 2.75) is 38.3 Å². The van der Waals surface area contributed by atoms with Crippen LogP contribution in [0, 0.1) is 5.92 Å². The van der Waals surface area contributed by atoms with Crippen LogP contribution in [0.3, 0.4) is 0 Å². The van der Waals surface area contributed by atoms with Gasteiger partial charge in [-0.25, -0.2) is 0 Å². The van der Waals surface area contributed by atoms with E-state index in [2.05, 4.69) is 10.2 Å². The van der Waals surface area contributed by atoms with Crippen LogP contribution in [0.1, 0.15) is 31.2 Å². The van der Waals surface area contributed by atoms with Crippen molar-refractivity contribution in [1.29, 1.82) is 0 Å². The van der Waals surface area contributed by atoms with Crippen molar-refractivity contribution in [1.82, 2.24) is 10.2 Å². The number of nitrogens with one attached hydrogen (secondary N) is 1. The standard InChI is InChI=1S/C16H22Cl2N2O/c17-13-8-12(16(21)14(18)9-13)10-20-6-3-11(4-7-20)15-2-1-5-19-15/h8-9,11,15,19,21H,1-7,10H2. The fourth-order valence-electron chi connectivity index (χ4n) is 3.61. The Morgan fingerprint density at radius 3 is 2.62 bits per heavy atom. The first-order valence-corrected chi connectivity index (χ1v) is 8.51. The molecule has 0 saturated carbocycles. The Morgan fingerprint density at radius 2 is 1.95 bits per heavy atom. The molecule has 2 aliphatic heterocycles. The predicted molar refractivity (Wildman–Crippen MR) is 87.2 cm³/mol. The van der Waals surface area contributed by atoms with Crippen molar-refractivity contribution < 1.29 is 5.11 Å². The van der Waals surface area contributed by atoms with Gasteiger partial charge in [-0.05, 0) is 63.4 Å². The molecule has 0 bridgehead atoms. The molecule has 2 fully saturated rings. The normalized spacial score (nSPS) is 24.6. The van der Waals surface area contributed by atoms with Crippen molar-refractivity contribution in [2.75, 3.05) is 19.6 Å². The number of nitrogens with zero attached hydrogens (tertiary/aromatic N) is 1. The molecular formula is C16H22Cl2N2O. The Bertz CT molecular complexity index is 495. The van der Waals surface area contributed by atoms with Gasteiger partial charge in [-0.1, -0.05) is 23.2 Å². The molecule has 21 heavy (non-hydrogen) atoms. The summed E-state index contributed by atoms with van der Waals surface area (Å²) in [6, 6.07) is 4.12. The van der Waals surface area contributed by atoms with Gasteiger partial charge in [0.1, 0.15) is 5.75 Å². The third kappa shape index (κ3) is 3.65. The molecule has 1 aromatic rings. The Kier molecular flexibility index (Phi) is 4.95. The van der Waals surface area contributed by atoms with Crippen LogP contribution in [0.25, 0.3) is 0 Å². The van der Waals surface area contributed by atoms with Crippen LogP contribution in [0.4, 0.5) is 0 Å². The van der Waals surface area contributed by atoms with Crippen molar-refractivity contribution in [3.63, 3.8) is 0 Å². The van der Waals surface area contributed by atoms with Gasteiger partial charge in [-0.15, -0.1) is 0 Å². The quantitative estimate of drug-likeness (QED) is 0.888. The summed E-state index contributed by atoms with van der Waals surface area (Å²) in [6.07, 6.45) is 5.11. The summed E-state index contributed by atoms with van der Waals surface area (Å²) in [5, 5.41) is 14.6. The minimum absolute atomic E-state index is 0.167. The highest BCUT2D eigenvalue weighted by Gasteiger charge is 2.28. The van der Waals surface area contributed by atoms with Gasteiger partial charge in [-0.3, -0.25) is 4.90 Å². The lowest BCUT2D eigenvalue weighted by molar-refractivity contribution is 0.156. The molecule has 1 atom stereocenters. The molecule has 3 rings (SSSR count). The number of piperidine rings is 1. The molecule has 0 aliphatic carbocycles. The fraction of sp³-hybridized carbons (Fsp3) is 0.625. The van der Waals surface area contributed by atoms with Crippen LogP contribution in [0.5, 0.6) is 5.75 Å². The second-order valence-corrected chi connectivity index (χ2v) is 7.06. The molecule has 2 aliphatic rings. The Balaban J connectivity index is 1.58. The lowest BCUT2D eigenvalue weighted by Crippen LogP contribution is -2.40. The van der Waals surface area contributed by atoms with Gasteiger partial charge in [-0.2, -0.15) is 0 Å². The van der Waals surface area contributed by atoms with Crippen molar-refractivity contribution in [3.8, 4) is 5.75 Å². The van der Waals surface area contributed by atoms with Gasteiger partial charge in [0.15, 0.2) is 0 Å². The van der Waals surface area contributed by atoms with E-state index >= 15 is 0 Å². The second kappa shape index (κ2) is 6.74. The van der Waals surface area contributed by atoms with Crippen LogP contribution in [-0.2, 0) is 6.54 Å². The number of phenols is 1. The van der Waals surface area contributed by atoms with Crippen LogP contribution in [-0.4, -0.2) is 35.7 Å². The van der Waals surface area contributed by atoms with Gasteiger partial charge in [0, 0.05) is 23.2 Å². The summed E-state index contributed by atoms with van der Waals surface area (Å²) >= 11 is 12.0. The highest BCUT2D eigenvalue weighted by Crippen LogP contribution is 2.33. The fourth-order valence-corrected chi connectivity index (χ4v) is 4.14. The molecule has 0 spiro atoms. The molecule has 3 nitrogen and oxygen atoms in total. The summed E-state index contributed by atoms with van der Waals surface area (Å²) in [4.78, 5) is 2.38. The first-order valence-electron chi connectivity index (χ1n) is 7.76. The minimum Gasteiger partial charge on any atom is -0.506 e. The van der Waals surface area contributed by atoms with Crippen LogP contribution >= 0.6 is 23.2 Å². The molecule has 2 N–H and O–H groups in total. The van der Waals surface area contributed by atoms with Gasteiger partial charge in [0.2, 0.25) is 0 Å². The van der Waals surface area contributed by atoms with Gasteiger partial charge >= 0.3 is 0 Å². The minimum atomic E-state index is 0.167. The Morgan fingerprint density at radius 1 is 1.19 bits per heavy atom. The number of phenolic OH excluding ortho intramolecular Hbond substituents is 1. The predicted octanol–water partition coefficient (Wildman–Crippen LogP) is 3.66. The largest absolute Gasteiger partial charge is 0.506 e. The maximum Gasteiger partial charge on any atom is 0.138 e. The second-order valence-electron chi connectivity index (χ2n) is 6.21. The maximum atomic E-state index is 10.0. The van der Waals surface area contributed by atoms with E-state index in [4.69, 9.17) is 23.2 Å². The van der Waals surface area contributed by atoms with E-state index in [9.17, 15) is 5.11 Å². The summed E-state index contributed by atoms with van der Waals surface area (Å²) in [7, 11) is 0. The topological polar surface area (TPSA) is 35.5 Å². The maximum absolute atomic E-state index is 10.0. The van der Waals surface area contributed by atoms with Crippen LogP contribution in [0.15, 0.2) is 12.1 Å². The average molecular weight is 329 g/mol. The van der Waals surface area contributed by atoms with E-state index in [0.29, 0.717) is 10.0 Å². The van der Waals surface area contributed by atoms with E-state index in [1.807, 2.05) is 6.07 Å². The number of hydrogen-bond donors (Lipinski definition) is 2. The number of rotatable bonds is 3. The zero-order chi connectivity index (χ0) is 14.8. The lowest BCUT2D eigenvalue weighted by atomic mass is 9.88. The molecular weight excluding hydrogens is 307 g/mol. The number of likely N-dealkylation sites (tertiary alicyclic amines) is 1. The third-order valence-electron chi connectivity index (χ3n) is 4.80. The molecule has 1 aromatic carbocycles. The van der Waals surface area contributed by atoms with Gasteiger partial charge in [0.05, 0.1) is 5.02 Å². The SMILES string of the molecule is Oc1c(Cl)cc(Cl)cc1CN1CCC(C2CCCN2)CC1. The monoisotopic (exact) mass is 328 g/mol. The molecule has 116 valence electrons. The van der Waals surface area contributed by atoms with E-state index in [1.54, 1.807) is 6.07 Å². The smallest absolute Gasteiger partial charge is 0.138 e. The number of aromatic hydroxyl groups is 1. The first kappa shape index (κ1) is 15.4. The van der Waals surface area contributed by atoms with Gasteiger partial charge < -0.3 is 10.4 Å². The first-order chi connectivity index (χ1) is 10.1. The molecule has 0 radical (unpaired) electrons. The molecule has 5 heteroatoms. The lowest BCUT2D eigenvalue weighted by Gasteiger charge is -2.35.